The third-order valence-electron chi connectivity index (χ3n) is 14.9. The van der Waals surface area contributed by atoms with Crippen molar-refractivity contribution in [1.82, 2.24) is 0 Å². The summed E-state index contributed by atoms with van der Waals surface area (Å²) in [6, 6.07) is 0. The third-order valence-corrected chi connectivity index (χ3v) is 14.9. The molecule has 232 valence electrons. The molecule has 0 spiro atoms. The quantitative estimate of drug-likeness (QED) is 0.406. The molecule has 6 rings (SSSR count). The number of carbonyl (C=O) groups is 4. The second-order valence-corrected chi connectivity index (χ2v) is 17.1. The van der Waals surface area contributed by atoms with Gasteiger partial charge in [0.25, 0.3) is 5.79 Å². The van der Waals surface area contributed by atoms with Gasteiger partial charge in [0, 0.05) is 23.7 Å². The largest absolute Gasteiger partial charge is 0.425 e. The third kappa shape index (κ3) is 3.61. The first-order valence-corrected chi connectivity index (χ1v) is 16.3. The zero-order chi connectivity index (χ0) is 30.9. The van der Waals surface area contributed by atoms with Crippen LogP contribution < -0.4 is 5.73 Å². The van der Waals surface area contributed by atoms with Crippen LogP contribution in [0.1, 0.15) is 119 Å². The Labute approximate surface area is 250 Å². The van der Waals surface area contributed by atoms with Crippen molar-refractivity contribution in [2.75, 3.05) is 0 Å². The molecule has 1 saturated heterocycles. The highest BCUT2D eigenvalue weighted by Crippen LogP contribution is 2.76. The van der Waals surface area contributed by atoms with Crippen LogP contribution in [0.4, 0.5) is 0 Å². The predicted molar refractivity (Wildman–Crippen MR) is 157 cm³/mol. The molecular formula is C35H51NO6. The Bertz CT molecular complexity index is 1300. The highest BCUT2D eigenvalue weighted by atomic mass is 16.7. The molecule has 0 bridgehead atoms. The average Bonchev–Trinajstić information content (AvgIpc) is 2.88. The fourth-order valence-corrected chi connectivity index (χ4v) is 12.1. The molecule has 3 N–H and O–H groups in total. The van der Waals surface area contributed by atoms with Crippen molar-refractivity contribution >= 4 is 23.4 Å². The van der Waals surface area contributed by atoms with Crippen molar-refractivity contribution in [3.63, 3.8) is 0 Å². The summed E-state index contributed by atoms with van der Waals surface area (Å²) < 4.78 is 5.46. The Hall–Kier alpha value is -2.02. The van der Waals surface area contributed by atoms with Crippen LogP contribution in [-0.4, -0.2) is 34.3 Å². The van der Waals surface area contributed by atoms with Gasteiger partial charge in [0.1, 0.15) is 0 Å². The number of nitrogens with two attached hydrogens (primary N) is 1. The standard InChI is InChI=1S/C35H51NO6/c1-29(2)23-11-13-34(7)27(32(23,5)12-10-24(29)35(41)25(38)8-9-26(39)42-35)22(37)18-20-21-19-31(4,28(36)40)15-14-30(21,3)16-17-33(20,34)6/h18,21,23-24,27,41H,8-17,19H2,1-7H3,(H2,36,40)/t21-,23?,24+,27+,30+,31-,32-,33+,34+,35?/m0/s1. The molecule has 4 saturated carbocycles. The molecule has 0 radical (unpaired) electrons. The normalized spacial score (nSPS) is 51.7. The maximum absolute atomic E-state index is 14.6. The van der Waals surface area contributed by atoms with Gasteiger partial charge in [-0.3, -0.25) is 19.2 Å². The van der Waals surface area contributed by atoms with Crippen LogP contribution in [0.25, 0.3) is 0 Å². The number of ketones is 2. The Morgan fingerprint density at radius 2 is 1.52 bits per heavy atom. The Kier molecular flexibility index (Phi) is 6.28. The van der Waals surface area contributed by atoms with Gasteiger partial charge in [0.15, 0.2) is 5.78 Å². The highest BCUT2D eigenvalue weighted by Gasteiger charge is 2.72. The number of hydrogen-bond donors (Lipinski definition) is 2. The van der Waals surface area contributed by atoms with Crippen LogP contribution in [0.2, 0.25) is 0 Å². The van der Waals surface area contributed by atoms with E-state index in [9.17, 15) is 24.3 Å². The van der Waals surface area contributed by atoms with Gasteiger partial charge in [0.2, 0.25) is 11.7 Å². The molecule has 10 atom stereocenters. The van der Waals surface area contributed by atoms with E-state index < -0.39 is 34.3 Å². The Balaban J connectivity index is 1.40. The first-order chi connectivity index (χ1) is 19.3. The molecule has 1 heterocycles. The van der Waals surface area contributed by atoms with E-state index in [1.807, 2.05) is 13.0 Å². The molecule has 7 heteroatoms. The molecule has 1 amide bonds. The number of allylic oxidation sites excluding steroid dienone is 2. The predicted octanol–water partition coefficient (Wildman–Crippen LogP) is 5.66. The SMILES string of the molecule is CC1(C)C2CC[C@]3(C)[C@H](C(=O)C=C4[C@@H]5C[C@@](C)(C(N)=O)CC[C@]5(C)CC[C@]43C)[C@@]2(C)CC[C@H]1C1(O)OC(=O)CCC1=O. The average molecular weight is 582 g/mol. The van der Waals surface area contributed by atoms with Gasteiger partial charge in [-0.25, -0.2) is 0 Å². The van der Waals surface area contributed by atoms with Crippen molar-refractivity contribution in [1.29, 1.82) is 0 Å². The zero-order valence-electron chi connectivity index (χ0n) is 26.7. The van der Waals surface area contributed by atoms with Crippen molar-refractivity contribution in [2.45, 2.75) is 125 Å². The molecule has 0 aromatic carbocycles. The number of hydrogen-bond acceptors (Lipinski definition) is 6. The number of fused-ring (bicyclic) bond motifs is 7. The Morgan fingerprint density at radius 1 is 0.881 bits per heavy atom. The number of esters is 1. The summed E-state index contributed by atoms with van der Waals surface area (Å²) in [4.78, 5) is 52.4. The minimum Gasteiger partial charge on any atom is -0.425 e. The van der Waals surface area contributed by atoms with Gasteiger partial charge in [-0.2, -0.15) is 0 Å². The zero-order valence-corrected chi connectivity index (χ0v) is 26.7. The van der Waals surface area contributed by atoms with E-state index in [0.29, 0.717) is 19.3 Å². The fourth-order valence-electron chi connectivity index (χ4n) is 12.1. The molecule has 5 aliphatic carbocycles. The minimum atomic E-state index is -2.10. The van der Waals surface area contributed by atoms with Gasteiger partial charge in [-0.15, -0.1) is 0 Å². The molecule has 5 fully saturated rings. The number of carbonyl (C=O) groups excluding carboxylic acids is 4. The van der Waals surface area contributed by atoms with Crippen molar-refractivity contribution in [3.8, 4) is 0 Å². The topological polar surface area (TPSA) is 124 Å². The lowest BCUT2D eigenvalue weighted by Crippen LogP contribution is -2.68. The van der Waals surface area contributed by atoms with E-state index in [1.165, 1.54) is 5.57 Å². The molecule has 0 aromatic heterocycles. The fraction of sp³-hybridized carbons (Fsp3) is 0.829. The summed E-state index contributed by atoms with van der Waals surface area (Å²) in [5.74, 6) is -3.55. The van der Waals surface area contributed by atoms with E-state index in [1.54, 1.807) is 0 Å². The van der Waals surface area contributed by atoms with E-state index in [-0.39, 0.29) is 63.9 Å². The highest BCUT2D eigenvalue weighted by molar-refractivity contribution is 5.96. The lowest BCUT2D eigenvalue weighted by Gasteiger charge is -2.71. The van der Waals surface area contributed by atoms with E-state index in [4.69, 9.17) is 10.5 Å². The van der Waals surface area contributed by atoms with Gasteiger partial charge in [0.05, 0.1) is 6.42 Å². The van der Waals surface area contributed by atoms with E-state index in [2.05, 4.69) is 41.5 Å². The second kappa shape index (κ2) is 8.79. The van der Waals surface area contributed by atoms with Crippen LogP contribution in [0.5, 0.6) is 0 Å². The summed E-state index contributed by atoms with van der Waals surface area (Å²) in [6.07, 6.45) is 9.50. The van der Waals surface area contributed by atoms with Crippen LogP contribution in [-0.2, 0) is 23.9 Å². The smallest absolute Gasteiger partial charge is 0.309 e. The van der Waals surface area contributed by atoms with E-state index >= 15 is 0 Å². The van der Waals surface area contributed by atoms with Crippen LogP contribution in [0.15, 0.2) is 11.6 Å². The molecule has 0 aromatic rings. The number of aliphatic hydroxyl groups is 1. The molecule has 42 heavy (non-hydrogen) atoms. The van der Waals surface area contributed by atoms with Crippen molar-refractivity contribution < 1.29 is 29.0 Å². The first-order valence-electron chi connectivity index (χ1n) is 16.3. The van der Waals surface area contributed by atoms with Crippen molar-refractivity contribution in [3.05, 3.63) is 11.6 Å². The van der Waals surface area contributed by atoms with Gasteiger partial charge in [-0.05, 0) is 103 Å². The summed E-state index contributed by atoms with van der Waals surface area (Å²) in [6.45, 7) is 15.6. The molecule has 7 nitrogen and oxygen atoms in total. The maximum Gasteiger partial charge on any atom is 0.309 e. The Morgan fingerprint density at radius 3 is 2.19 bits per heavy atom. The number of cyclic esters (lactones) is 1. The second-order valence-electron chi connectivity index (χ2n) is 17.1. The first kappa shape index (κ1) is 30.0. The molecule has 2 unspecified atom stereocenters. The molecule has 6 aliphatic rings. The maximum atomic E-state index is 14.6. The van der Waals surface area contributed by atoms with Crippen LogP contribution in [0, 0.1) is 56.2 Å². The van der Waals surface area contributed by atoms with Crippen LogP contribution in [0.3, 0.4) is 0 Å². The number of primary amides is 1. The van der Waals surface area contributed by atoms with Crippen molar-refractivity contribution in [2.24, 2.45) is 61.9 Å². The number of amides is 1. The van der Waals surface area contributed by atoms with Gasteiger partial charge >= 0.3 is 5.97 Å². The number of rotatable bonds is 2. The minimum absolute atomic E-state index is 0.00381. The van der Waals surface area contributed by atoms with E-state index in [0.717, 1.165) is 38.5 Å². The number of Topliss-reactive ketones (excluding diaryl/α,β-unsaturated/α-hetero) is 1. The van der Waals surface area contributed by atoms with Crippen LogP contribution >= 0.6 is 0 Å². The summed E-state index contributed by atoms with van der Waals surface area (Å²) >= 11 is 0. The molecule has 1 aliphatic heterocycles. The van der Waals surface area contributed by atoms with Gasteiger partial charge < -0.3 is 15.6 Å². The lowest BCUT2D eigenvalue weighted by molar-refractivity contribution is -0.271. The summed E-state index contributed by atoms with van der Waals surface area (Å²) in [7, 11) is 0. The van der Waals surface area contributed by atoms with Gasteiger partial charge in [-0.1, -0.05) is 54.0 Å². The summed E-state index contributed by atoms with van der Waals surface area (Å²) in [5, 5.41) is 11.6. The monoisotopic (exact) mass is 581 g/mol. The molecular weight excluding hydrogens is 530 g/mol. The lowest BCUT2D eigenvalue weighted by atomic mass is 9.33. The summed E-state index contributed by atoms with van der Waals surface area (Å²) in [5.41, 5.74) is 5.40. The number of ether oxygens (including phenoxy) is 1.